The van der Waals surface area contributed by atoms with Crippen LogP contribution in [0.25, 0.3) is 17.0 Å². The van der Waals surface area contributed by atoms with Gasteiger partial charge in [-0.3, -0.25) is 9.38 Å². The summed E-state index contributed by atoms with van der Waals surface area (Å²) in [5.41, 5.74) is -0.598. The van der Waals surface area contributed by atoms with Gasteiger partial charge in [-0.2, -0.15) is 13.2 Å². The second-order valence-electron chi connectivity index (χ2n) is 6.68. The number of nitrogens with zero attached hydrogens (tertiary/aromatic N) is 5. The van der Waals surface area contributed by atoms with E-state index in [0.717, 1.165) is 12.4 Å². The average molecular weight is 445 g/mol. The number of pyridine rings is 1. The summed E-state index contributed by atoms with van der Waals surface area (Å²) in [4.78, 5) is 11.6. The fraction of sp³-hybridized carbons (Fsp3) is 0.294. The molecular formula is C17H18F3N5O2S2. The Balaban J connectivity index is 2.23. The van der Waals surface area contributed by atoms with Gasteiger partial charge in [-0.25, -0.2) is 22.7 Å². The van der Waals surface area contributed by atoms with Gasteiger partial charge < -0.3 is 0 Å². The molecular weight excluding hydrogens is 427 g/mol. The molecule has 0 bridgehead atoms. The lowest BCUT2D eigenvalue weighted by molar-refractivity contribution is -0.141. The zero-order chi connectivity index (χ0) is 21.6. The number of halogens is 3. The summed E-state index contributed by atoms with van der Waals surface area (Å²) < 4.78 is 69.6. The molecule has 3 aromatic heterocycles. The third kappa shape index (κ3) is 4.58. The third-order valence-corrected chi connectivity index (χ3v) is 6.23. The topological polar surface area (TPSA) is 89.6 Å². The highest BCUT2D eigenvalue weighted by Crippen LogP contribution is 2.31. The lowest BCUT2D eigenvalue weighted by Crippen LogP contribution is -2.08. The number of hydrogen-bond acceptors (Lipinski definition) is 6. The first-order valence-electron chi connectivity index (χ1n) is 8.24. The Kier molecular flexibility index (Phi) is 5.20. The van der Waals surface area contributed by atoms with E-state index in [1.54, 1.807) is 0 Å². The molecule has 0 aliphatic rings. The molecule has 7 nitrogen and oxygen atoms in total. The lowest BCUT2D eigenvalue weighted by Gasteiger charge is -2.09. The smallest absolute Gasteiger partial charge is 0.290 e. The fourth-order valence-corrected chi connectivity index (χ4v) is 4.25. The number of aromatic nitrogens is 4. The predicted octanol–water partition coefficient (Wildman–Crippen LogP) is 3.26. The van der Waals surface area contributed by atoms with Gasteiger partial charge in [0, 0.05) is 12.3 Å². The van der Waals surface area contributed by atoms with Crippen LogP contribution in [-0.2, 0) is 25.4 Å². The van der Waals surface area contributed by atoms with Crippen molar-refractivity contribution in [2.75, 3.05) is 18.3 Å². The van der Waals surface area contributed by atoms with Crippen molar-refractivity contribution in [2.45, 2.75) is 18.0 Å². The van der Waals surface area contributed by atoms with Crippen LogP contribution < -0.4 is 0 Å². The van der Waals surface area contributed by atoms with E-state index in [-0.39, 0.29) is 27.7 Å². The molecule has 12 heteroatoms. The molecule has 0 saturated carbocycles. The molecule has 3 heterocycles. The summed E-state index contributed by atoms with van der Waals surface area (Å²) >= 11 is 0. The van der Waals surface area contributed by atoms with E-state index in [4.69, 9.17) is 0 Å². The Morgan fingerprint density at radius 3 is 2.48 bits per heavy atom. The van der Waals surface area contributed by atoms with Crippen LogP contribution in [0.5, 0.6) is 0 Å². The maximum Gasteiger partial charge on any atom is 0.433 e. The molecule has 0 amide bonds. The van der Waals surface area contributed by atoms with Gasteiger partial charge in [0.2, 0.25) is 0 Å². The summed E-state index contributed by atoms with van der Waals surface area (Å²) in [5.74, 6) is 3.76. The quantitative estimate of drug-likeness (QED) is 0.575. The van der Waals surface area contributed by atoms with Crippen molar-refractivity contribution in [3.63, 3.8) is 0 Å². The van der Waals surface area contributed by atoms with Crippen molar-refractivity contribution in [3.05, 3.63) is 36.5 Å². The zero-order valence-corrected chi connectivity index (χ0v) is 17.4. The molecule has 0 saturated heterocycles. The molecule has 0 unspecified atom stereocenters. The highest BCUT2D eigenvalue weighted by Gasteiger charge is 2.33. The van der Waals surface area contributed by atoms with E-state index in [1.807, 2.05) is 12.5 Å². The van der Waals surface area contributed by atoms with Gasteiger partial charge in [-0.1, -0.05) is 12.8 Å². The van der Waals surface area contributed by atoms with Crippen LogP contribution in [0.2, 0.25) is 0 Å². The number of sulfone groups is 1. The Morgan fingerprint density at radius 2 is 1.90 bits per heavy atom. The summed E-state index contributed by atoms with van der Waals surface area (Å²) in [6, 6.07) is 2.18. The van der Waals surface area contributed by atoms with E-state index in [9.17, 15) is 21.6 Å². The van der Waals surface area contributed by atoms with Crippen LogP contribution in [0.1, 0.15) is 12.6 Å². The van der Waals surface area contributed by atoms with Crippen LogP contribution in [0.3, 0.4) is 0 Å². The Bertz CT molecular complexity index is 1310. The van der Waals surface area contributed by atoms with Crippen LogP contribution in [0.4, 0.5) is 18.9 Å². The van der Waals surface area contributed by atoms with E-state index in [0.29, 0.717) is 5.69 Å². The van der Waals surface area contributed by atoms with Gasteiger partial charge in [0.1, 0.15) is 29.1 Å². The summed E-state index contributed by atoms with van der Waals surface area (Å²) in [6.07, 6.45) is 2.81. The van der Waals surface area contributed by atoms with Crippen molar-refractivity contribution in [3.8, 4) is 11.4 Å². The molecule has 29 heavy (non-hydrogen) atoms. The lowest BCUT2D eigenvalue weighted by atomic mass is 10.3. The first-order chi connectivity index (χ1) is 13.3. The largest absolute Gasteiger partial charge is 0.433 e. The fourth-order valence-electron chi connectivity index (χ4n) is 2.51. The molecule has 0 spiro atoms. The van der Waals surface area contributed by atoms with Gasteiger partial charge in [-0.15, -0.1) is 9.41 Å². The number of alkyl halides is 3. The van der Waals surface area contributed by atoms with Crippen LogP contribution in [0, 0.1) is 0 Å². The minimum atomic E-state index is -4.62. The van der Waals surface area contributed by atoms with Gasteiger partial charge in [-0.05, 0) is 18.6 Å². The van der Waals surface area contributed by atoms with E-state index in [2.05, 4.69) is 25.2 Å². The van der Waals surface area contributed by atoms with Gasteiger partial charge in [0.15, 0.2) is 9.84 Å². The Morgan fingerprint density at radius 1 is 1.21 bits per heavy atom. The minimum Gasteiger partial charge on any atom is -0.290 e. The van der Waals surface area contributed by atoms with Crippen molar-refractivity contribution >= 4 is 36.5 Å². The van der Waals surface area contributed by atoms with Crippen LogP contribution >= 0.6 is 0 Å². The van der Waals surface area contributed by atoms with Crippen molar-refractivity contribution in [1.82, 2.24) is 19.4 Å². The van der Waals surface area contributed by atoms with E-state index < -0.39 is 31.1 Å². The summed E-state index contributed by atoms with van der Waals surface area (Å²) in [7, 11) is -5.26. The first-order valence-corrected chi connectivity index (χ1v) is 12.5. The SMILES string of the molecule is C=S(C)(C)=Nc1cnc(-c2cn3cnc(C(F)(F)F)cc3n2)c(S(=O)(=O)CC)c1. The molecule has 0 N–H and O–H groups in total. The average Bonchev–Trinajstić information content (AvgIpc) is 3.02. The zero-order valence-electron chi connectivity index (χ0n) is 15.8. The predicted molar refractivity (Wildman–Crippen MR) is 107 cm³/mol. The Hall–Kier alpha value is -2.47. The molecule has 0 atom stereocenters. The minimum absolute atomic E-state index is 0.0268. The molecule has 0 aliphatic carbocycles. The number of hydrogen-bond donors (Lipinski definition) is 0. The molecule has 0 aliphatic heterocycles. The normalized spacial score (nSPS) is 13.0. The highest BCUT2D eigenvalue weighted by molar-refractivity contribution is 8.01. The number of rotatable bonds is 4. The van der Waals surface area contributed by atoms with Crippen LogP contribution in [0.15, 0.2) is 40.1 Å². The summed E-state index contributed by atoms with van der Waals surface area (Å²) in [5, 5.41) is 0. The van der Waals surface area contributed by atoms with Gasteiger partial charge >= 0.3 is 6.18 Å². The van der Waals surface area contributed by atoms with Crippen molar-refractivity contribution < 1.29 is 21.6 Å². The maximum absolute atomic E-state index is 12.9. The molecule has 0 fully saturated rings. The number of imidazole rings is 1. The maximum atomic E-state index is 12.9. The van der Waals surface area contributed by atoms with Crippen molar-refractivity contribution in [2.24, 2.45) is 4.36 Å². The summed E-state index contributed by atoms with van der Waals surface area (Å²) in [6.45, 7) is 1.49. The Labute approximate surface area is 166 Å². The molecule has 3 rings (SSSR count). The molecule has 156 valence electrons. The second kappa shape index (κ2) is 7.10. The van der Waals surface area contributed by atoms with E-state index in [1.165, 1.54) is 29.8 Å². The number of fused-ring (bicyclic) bond motifs is 1. The molecule has 0 radical (unpaired) electrons. The van der Waals surface area contributed by atoms with E-state index >= 15 is 0 Å². The van der Waals surface area contributed by atoms with Gasteiger partial charge in [0.05, 0.1) is 22.5 Å². The first kappa shape index (κ1) is 21.2. The monoisotopic (exact) mass is 445 g/mol. The van der Waals surface area contributed by atoms with Crippen molar-refractivity contribution in [1.29, 1.82) is 0 Å². The van der Waals surface area contributed by atoms with Crippen LogP contribution in [-0.4, -0.2) is 51.9 Å². The highest BCUT2D eigenvalue weighted by atomic mass is 32.2. The standard InChI is InChI=1S/C17H18F3N5O2S2/c1-5-29(26,27)13-6-11(24-28(2,3)4)8-21-16(13)12-9-25-10-22-14(17(18,19)20)7-15(25)23-12/h6-10H,2,5H2,1,3-4H3. The van der Waals surface area contributed by atoms with Gasteiger partial charge in [0.25, 0.3) is 0 Å². The molecule has 3 aromatic rings. The third-order valence-electron chi connectivity index (χ3n) is 3.79. The second-order valence-corrected chi connectivity index (χ2v) is 12.1. The molecule has 0 aromatic carbocycles.